The molecule has 0 saturated carbocycles. The number of thioether (sulfide) groups is 1. The number of hydrogen-bond donors (Lipinski definition) is 0. The molecular weight excluding hydrogens is 265 g/mol. The van der Waals surface area contributed by atoms with E-state index in [-0.39, 0.29) is 5.28 Å². The van der Waals surface area contributed by atoms with Gasteiger partial charge < -0.3 is 4.90 Å². The van der Waals surface area contributed by atoms with Gasteiger partial charge in [-0.1, -0.05) is 25.4 Å². The summed E-state index contributed by atoms with van der Waals surface area (Å²) in [5.74, 6) is 0.953. The maximum Gasteiger partial charge on any atom is 0.223 e. The molecule has 0 amide bonds. The Hall–Kier alpha value is -0.0300. The topological polar surface area (TPSA) is 29.0 Å². The summed E-state index contributed by atoms with van der Waals surface area (Å²) >= 11 is 13.3. The van der Waals surface area contributed by atoms with Gasteiger partial charge in [-0.2, -0.15) is 0 Å². The summed E-state index contributed by atoms with van der Waals surface area (Å²) in [7, 11) is 0. The van der Waals surface area contributed by atoms with Crippen molar-refractivity contribution in [3.63, 3.8) is 0 Å². The van der Waals surface area contributed by atoms with E-state index in [0.717, 1.165) is 30.4 Å². The zero-order valence-corrected chi connectivity index (χ0v) is 11.7. The number of halogens is 2. The molecule has 16 heavy (non-hydrogen) atoms. The molecule has 1 rings (SSSR count). The summed E-state index contributed by atoms with van der Waals surface area (Å²) in [5, 5.41) is 1.57. The summed E-state index contributed by atoms with van der Waals surface area (Å²) in [6.45, 7) is 7.46. The average Bonchev–Trinajstić information content (AvgIpc) is 2.29. The van der Waals surface area contributed by atoms with Gasteiger partial charge in [0.25, 0.3) is 0 Å². The third-order valence-electron chi connectivity index (χ3n) is 2.22. The predicted octanol–water partition coefficient (Wildman–Crippen LogP) is 3.22. The van der Waals surface area contributed by atoms with Crippen molar-refractivity contribution in [2.24, 2.45) is 0 Å². The Morgan fingerprint density at radius 3 is 2.62 bits per heavy atom. The van der Waals surface area contributed by atoms with E-state index < -0.39 is 0 Å². The van der Waals surface area contributed by atoms with Crippen LogP contribution in [0.5, 0.6) is 0 Å². The van der Waals surface area contributed by atoms with Crippen molar-refractivity contribution >= 4 is 35.0 Å². The lowest BCUT2D eigenvalue weighted by Crippen LogP contribution is -2.25. The molecule has 0 aliphatic carbocycles. The lowest BCUT2D eigenvalue weighted by atomic mass is 10.5. The Labute approximate surface area is 111 Å². The van der Waals surface area contributed by atoms with Gasteiger partial charge in [-0.25, -0.2) is 9.97 Å². The number of rotatable bonds is 6. The molecule has 1 aromatic rings. The van der Waals surface area contributed by atoms with Crippen molar-refractivity contribution in [1.29, 1.82) is 0 Å². The van der Waals surface area contributed by atoms with Crippen LogP contribution in [0.2, 0.25) is 10.3 Å². The highest BCUT2D eigenvalue weighted by Crippen LogP contribution is 2.25. The van der Waals surface area contributed by atoms with Crippen LogP contribution in [0.1, 0.15) is 13.8 Å². The molecule has 6 heteroatoms. The SMILES string of the molecule is CCN(CC)CCSc1nc(Cl)ncc1Cl. The molecule has 0 radical (unpaired) electrons. The summed E-state index contributed by atoms with van der Waals surface area (Å²) in [6, 6.07) is 0. The van der Waals surface area contributed by atoms with Crippen molar-refractivity contribution in [3.8, 4) is 0 Å². The average molecular weight is 280 g/mol. The molecule has 0 spiro atoms. The lowest BCUT2D eigenvalue weighted by molar-refractivity contribution is 0.324. The van der Waals surface area contributed by atoms with Gasteiger partial charge in [0.05, 0.1) is 11.2 Å². The van der Waals surface area contributed by atoms with E-state index in [9.17, 15) is 0 Å². The Balaban J connectivity index is 2.45. The summed E-state index contributed by atoms with van der Waals surface area (Å²) < 4.78 is 0. The minimum atomic E-state index is 0.245. The van der Waals surface area contributed by atoms with E-state index in [2.05, 4.69) is 28.7 Å². The molecule has 0 saturated heterocycles. The van der Waals surface area contributed by atoms with E-state index in [0.29, 0.717) is 5.02 Å². The summed E-state index contributed by atoms with van der Waals surface area (Å²) in [5.41, 5.74) is 0. The van der Waals surface area contributed by atoms with E-state index in [1.54, 1.807) is 11.8 Å². The number of hydrogen-bond acceptors (Lipinski definition) is 4. The van der Waals surface area contributed by atoms with Gasteiger partial charge in [-0.05, 0) is 24.7 Å². The van der Waals surface area contributed by atoms with Gasteiger partial charge in [-0.15, -0.1) is 11.8 Å². The summed E-state index contributed by atoms with van der Waals surface area (Å²) in [4.78, 5) is 10.3. The van der Waals surface area contributed by atoms with Crippen molar-refractivity contribution in [2.75, 3.05) is 25.4 Å². The van der Waals surface area contributed by atoms with Gasteiger partial charge in [0.2, 0.25) is 5.28 Å². The molecule has 0 aromatic carbocycles. The normalized spacial score (nSPS) is 11.1. The fourth-order valence-corrected chi connectivity index (χ4v) is 2.57. The molecule has 3 nitrogen and oxygen atoms in total. The van der Waals surface area contributed by atoms with Crippen LogP contribution in [-0.2, 0) is 0 Å². The molecule has 0 aliphatic rings. The Morgan fingerprint density at radius 2 is 2.00 bits per heavy atom. The van der Waals surface area contributed by atoms with E-state index in [4.69, 9.17) is 23.2 Å². The van der Waals surface area contributed by atoms with Gasteiger partial charge in [-0.3, -0.25) is 0 Å². The van der Waals surface area contributed by atoms with Crippen molar-refractivity contribution in [2.45, 2.75) is 18.9 Å². The largest absolute Gasteiger partial charge is 0.303 e. The molecular formula is C10H15Cl2N3S. The van der Waals surface area contributed by atoms with Crippen molar-refractivity contribution in [3.05, 3.63) is 16.5 Å². The Bertz CT molecular complexity index is 332. The Kier molecular flexibility index (Phi) is 6.43. The smallest absolute Gasteiger partial charge is 0.223 e. The van der Waals surface area contributed by atoms with Crippen molar-refractivity contribution < 1.29 is 0 Å². The first-order valence-electron chi connectivity index (χ1n) is 5.20. The molecule has 0 fully saturated rings. The maximum atomic E-state index is 5.96. The van der Waals surface area contributed by atoms with E-state index in [1.165, 1.54) is 6.20 Å². The van der Waals surface area contributed by atoms with Crippen LogP contribution in [-0.4, -0.2) is 40.3 Å². The van der Waals surface area contributed by atoms with Gasteiger partial charge in [0, 0.05) is 12.3 Å². The van der Waals surface area contributed by atoms with Crippen LogP contribution in [0.25, 0.3) is 0 Å². The molecule has 0 bridgehead atoms. The molecule has 90 valence electrons. The van der Waals surface area contributed by atoms with Crippen LogP contribution < -0.4 is 0 Å². The van der Waals surface area contributed by atoms with Crippen molar-refractivity contribution in [1.82, 2.24) is 14.9 Å². The van der Waals surface area contributed by atoms with E-state index in [1.807, 2.05) is 0 Å². The quantitative estimate of drug-likeness (QED) is 0.454. The molecule has 0 N–H and O–H groups in total. The molecule has 0 aliphatic heterocycles. The van der Waals surface area contributed by atoms with Crippen LogP contribution in [0, 0.1) is 0 Å². The maximum absolute atomic E-state index is 5.96. The van der Waals surface area contributed by atoms with Gasteiger partial charge >= 0.3 is 0 Å². The first-order valence-corrected chi connectivity index (χ1v) is 6.94. The predicted molar refractivity (Wildman–Crippen MR) is 70.6 cm³/mol. The van der Waals surface area contributed by atoms with Crippen LogP contribution in [0.3, 0.4) is 0 Å². The first kappa shape index (κ1) is 14.0. The highest BCUT2D eigenvalue weighted by atomic mass is 35.5. The third-order valence-corrected chi connectivity index (χ3v) is 3.77. The van der Waals surface area contributed by atoms with Gasteiger partial charge in [0.1, 0.15) is 5.03 Å². The highest BCUT2D eigenvalue weighted by Gasteiger charge is 2.06. The molecule has 0 unspecified atom stereocenters. The molecule has 1 aromatic heterocycles. The second-order valence-electron chi connectivity index (χ2n) is 3.17. The van der Waals surface area contributed by atoms with Crippen LogP contribution in [0.4, 0.5) is 0 Å². The zero-order chi connectivity index (χ0) is 12.0. The standard InChI is InChI=1S/C10H15Cl2N3S/c1-3-15(4-2)5-6-16-9-8(11)7-13-10(12)14-9/h7H,3-6H2,1-2H3. The van der Waals surface area contributed by atoms with Crippen LogP contribution >= 0.6 is 35.0 Å². The first-order chi connectivity index (χ1) is 7.67. The zero-order valence-electron chi connectivity index (χ0n) is 9.41. The highest BCUT2D eigenvalue weighted by molar-refractivity contribution is 7.99. The fraction of sp³-hybridized carbons (Fsp3) is 0.600. The monoisotopic (exact) mass is 279 g/mol. The van der Waals surface area contributed by atoms with E-state index >= 15 is 0 Å². The minimum Gasteiger partial charge on any atom is -0.303 e. The van der Waals surface area contributed by atoms with Gasteiger partial charge in [0.15, 0.2) is 0 Å². The molecule has 0 atom stereocenters. The van der Waals surface area contributed by atoms with Crippen LogP contribution in [0.15, 0.2) is 11.2 Å². The second kappa shape index (κ2) is 7.33. The molecule has 1 heterocycles. The number of aromatic nitrogens is 2. The summed E-state index contributed by atoms with van der Waals surface area (Å²) in [6.07, 6.45) is 1.54. The lowest BCUT2D eigenvalue weighted by Gasteiger charge is -2.17. The minimum absolute atomic E-state index is 0.245. The Morgan fingerprint density at radius 1 is 1.31 bits per heavy atom. The third kappa shape index (κ3) is 4.45. The number of nitrogens with zero attached hydrogens (tertiary/aromatic N) is 3. The fourth-order valence-electron chi connectivity index (χ4n) is 1.24. The second-order valence-corrected chi connectivity index (χ2v) is 5.00.